The second kappa shape index (κ2) is 6.90. The van der Waals surface area contributed by atoms with Crippen molar-refractivity contribution in [1.82, 2.24) is 15.5 Å². The van der Waals surface area contributed by atoms with Crippen molar-refractivity contribution in [2.45, 2.75) is 31.3 Å². The third-order valence-electron chi connectivity index (χ3n) is 5.24. The highest BCUT2D eigenvalue weighted by Gasteiger charge is 2.48. The van der Waals surface area contributed by atoms with E-state index in [0.717, 1.165) is 10.5 Å². The molecule has 2 N–H and O–H groups in total. The molecule has 4 rings (SSSR count). The number of nitrogens with zero attached hydrogens (tertiary/aromatic N) is 1. The van der Waals surface area contributed by atoms with Crippen LogP contribution in [0, 0.1) is 0 Å². The Morgan fingerprint density at radius 2 is 2.07 bits per heavy atom. The van der Waals surface area contributed by atoms with Crippen molar-refractivity contribution in [2.24, 2.45) is 0 Å². The van der Waals surface area contributed by atoms with E-state index in [0.29, 0.717) is 17.9 Å². The largest absolute Gasteiger partial charge is 0.454 e. The van der Waals surface area contributed by atoms with Gasteiger partial charge in [0.25, 0.3) is 5.91 Å². The average Bonchev–Trinajstić information content (AvgIpc) is 3.28. The molecule has 0 radical (unpaired) electrons. The van der Waals surface area contributed by atoms with Crippen LogP contribution in [0.2, 0.25) is 0 Å². The highest BCUT2D eigenvalue weighted by Crippen LogP contribution is 2.34. The number of sulfone groups is 1. The molecule has 3 heterocycles. The van der Waals surface area contributed by atoms with Gasteiger partial charge in [0.2, 0.25) is 12.7 Å². The Morgan fingerprint density at radius 3 is 2.79 bits per heavy atom. The molecule has 0 saturated carbocycles. The summed E-state index contributed by atoms with van der Waals surface area (Å²) in [6.45, 7) is 1.27. The molecular weight excluding hydrogens is 402 g/mol. The van der Waals surface area contributed by atoms with E-state index in [4.69, 9.17) is 9.47 Å². The number of nitrogens with one attached hydrogen (secondary N) is 2. The van der Waals surface area contributed by atoms with E-state index in [2.05, 4.69) is 10.6 Å². The lowest BCUT2D eigenvalue weighted by molar-refractivity contribution is -0.134. The van der Waals surface area contributed by atoms with Crippen LogP contribution in [0.5, 0.6) is 11.5 Å². The number of ether oxygens (including phenoxy) is 2. The number of urea groups is 1. The van der Waals surface area contributed by atoms with Gasteiger partial charge in [-0.25, -0.2) is 13.2 Å². The van der Waals surface area contributed by atoms with Crippen LogP contribution in [-0.4, -0.2) is 67.6 Å². The Labute approximate surface area is 167 Å². The van der Waals surface area contributed by atoms with Crippen LogP contribution in [0.25, 0.3) is 0 Å². The molecule has 1 aromatic carbocycles. The molecule has 0 spiro atoms. The minimum absolute atomic E-state index is 0.0225. The van der Waals surface area contributed by atoms with Gasteiger partial charge < -0.3 is 20.1 Å². The van der Waals surface area contributed by atoms with Crippen molar-refractivity contribution in [1.29, 1.82) is 0 Å². The van der Waals surface area contributed by atoms with Crippen molar-refractivity contribution in [3.05, 3.63) is 23.8 Å². The first-order valence-electron chi connectivity index (χ1n) is 9.18. The molecule has 156 valence electrons. The Bertz CT molecular complexity index is 993. The van der Waals surface area contributed by atoms with E-state index in [1.165, 1.54) is 0 Å². The molecule has 10 nitrogen and oxygen atoms in total. The topological polar surface area (TPSA) is 131 Å². The number of hydrogen-bond donors (Lipinski definition) is 2. The van der Waals surface area contributed by atoms with Gasteiger partial charge in [-0.05, 0) is 31.0 Å². The fraction of sp³-hybridized carbons (Fsp3) is 0.500. The van der Waals surface area contributed by atoms with Crippen molar-refractivity contribution in [3.8, 4) is 11.5 Å². The predicted octanol–water partition coefficient (Wildman–Crippen LogP) is -0.428. The summed E-state index contributed by atoms with van der Waals surface area (Å²) in [5.74, 6) is 0.00545. The van der Waals surface area contributed by atoms with Crippen molar-refractivity contribution in [2.75, 3.05) is 24.8 Å². The lowest BCUT2D eigenvalue weighted by atomic mass is 9.92. The Hall–Kier alpha value is -2.82. The zero-order chi connectivity index (χ0) is 20.8. The van der Waals surface area contributed by atoms with Crippen LogP contribution in [0.4, 0.5) is 4.79 Å². The van der Waals surface area contributed by atoms with Crippen LogP contribution >= 0.6 is 0 Å². The summed E-state index contributed by atoms with van der Waals surface area (Å²) in [6.07, 6.45) is 0.545. The van der Waals surface area contributed by atoms with Crippen molar-refractivity contribution >= 4 is 27.7 Å². The third kappa shape index (κ3) is 3.86. The van der Waals surface area contributed by atoms with E-state index in [9.17, 15) is 22.8 Å². The maximum Gasteiger partial charge on any atom is 0.325 e. The molecule has 11 heteroatoms. The predicted molar refractivity (Wildman–Crippen MR) is 100 cm³/mol. The summed E-state index contributed by atoms with van der Waals surface area (Å²) in [5.41, 5.74) is -0.435. The van der Waals surface area contributed by atoms with E-state index < -0.39 is 45.8 Å². The van der Waals surface area contributed by atoms with Gasteiger partial charge >= 0.3 is 6.03 Å². The minimum Gasteiger partial charge on any atom is -0.454 e. The highest BCUT2D eigenvalue weighted by molar-refractivity contribution is 7.91. The van der Waals surface area contributed by atoms with Gasteiger partial charge in [-0.15, -0.1) is 0 Å². The first-order chi connectivity index (χ1) is 13.7. The number of amides is 4. The molecule has 0 aromatic heterocycles. The van der Waals surface area contributed by atoms with Crippen LogP contribution < -0.4 is 20.1 Å². The number of fused-ring (bicyclic) bond motifs is 1. The Kier molecular flexibility index (Phi) is 4.64. The zero-order valence-corrected chi connectivity index (χ0v) is 16.6. The summed E-state index contributed by atoms with van der Waals surface area (Å²) in [5, 5.41) is 5.23. The van der Waals surface area contributed by atoms with Gasteiger partial charge in [-0.3, -0.25) is 14.5 Å². The maximum absolute atomic E-state index is 12.9. The number of benzene rings is 1. The molecule has 29 heavy (non-hydrogen) atoms. The third-order valence-corrected chi connectivity index (χ3v) is 7.01. The molecule has 3 aliphatic heterocycles. The van der Waals surface area contributed by atoms with Crippen molar-refractivity contribution < 1.29 is 32.3 Å². The molecule has 2 atom stereocenters. The molecular formula is C18H21N3O7S. The zero-order valence-electron chi connectivity index (χ0n) is 15.8. The highest BCUT2D eigenvalue weighted by atomic mass is 32.2. The second-order valence-electron chi connectivity index (χ2n) is 7.69. The van der Waals surface area contributed by atoms with Crippen LogP contribution in [0.15, 0.2) is 18.2 Å². The molecule has 0 aliphatic carbocycles. The van der Waals surface area contributed by atoms with Gasteiger partial charge in [-0.1, -0.05) is 6.07 Å². The van der Waals surface area contributed by atoms with E-state index in [1.807, 2.05) is 0 Å². The Morgan fingerprint density at radius 1 is 1.31 bits per heavy atom. The second-order valence-corrected chi connectivity index (χ2v) is 9.91. The van der Waals surface area contributed by atoms with Crippen LogP contribution in [0.1, 0.15) is 18.9 Å². The number of hydrogen-bond acceptors (Lipinski definition) is 7. The lowest BCUT2D eigenvalue weighted by Crippen LogP contribution is -2.47. The Balaban J connectivity index is 1.40. The first kappa shape index (κ1) is 19.5. The molecule has 2 saturated heterocycles. The first-order valence-corrected chi connectivity index (χ1v) is 11.0. The standard InChI is InChI=1S/C18H21N3O7S/c1-18(7-11-2-3-13-14(6-11)28-10-27-13)16(23)21(17(24)20-18)8-15(22)19-12-4-5-29(25,26)9-12/h2-3,6,12H,4-5,7-10H2,1H3,(H,19,22)(H,20,24)/t12-,18+/m1/s1. The summed E-state index contributed by atoms with van der Waals surface area (Å²) >= 11 is 0. The van der Waals surface area contributed by atoms with E-state index in [-0.39, 0.29) is 24.7 Å². The lowest BCUT2D eigenvalue weighted by Gasteiger charge is -2.22. The summed E-state index contributed by atoms with van der Waals surface area (Å²) in [6, 6.07) is 4.13. The monoisotopic (exact) mass is 423 g/mol. The summed E-state index contributed by atoms with van der Waals surface area (Å²) in [7, 11) is -3.14. The molecule has 0 bridgehead atoms. The van der Waals surface area contributed by atoms with Gasteiger partial charge in [-0.2, -0.15) is 0 Å². The van der Waals surface area contributed by atoms with E-state index in [1.54, 1.807) is 25.1 Å². The fourth-order valence-electron chi connectivity index (χ4n) is 3.80. The number of imide groups is 1. The molecule has 1 aromatic rings. The van der Waals surface area contributed by atoms with E-state index >= 15 is 0 Å². The number of carbonyl (C=O) groups excluding carboxylic acids is 3. The molecule has 3 aliphatic rings. The van der Waals surface area contributed by atoms with Gasteiger partial charge in [0.1, 0.15) is 12.1 Å². The maximum atomic E-state index is 12.9. The summed E-state index contributed by atoms with van der Waals surface area (Å²) in [4.78, 5) is 38.3. The molecule has 4 amide bonds. The normalized spacial score (nSPS) is 27.2. The van der Waals surface area contributed by atoms with Gasteiger partial charge in [0.15, 0.2) is 21.3 Å². The average molecular weight is 423 g/mol. The van der Waals surface area contributed by atoms with Gasteiger partial charge in [0.05, 0.1) is 11.5 Å². The van der Waals surface area contributed by atoms with Crippen LogP contribution in [-0.2, 0) is 25.8 Å². The minimum atomic E-state index is -3.14. The summed E-state index contributed by atoms with van der Waals surface area (Å²) < 4.78 is 33.6. The fourth-order valence-corrected chi connectivity index (χ4v) is 5.47. The van der Waals surface area contributed by atoms with Crippen molar-refractivity contribution in [3.63, 3.8) is 0 Å². The number of carbonyl (C=O) groups is 3. The smallest absolute Gasteiger partial charge is 0.325 e. The number of rotatable bonds is 5. The van der Waals surface area contributed by atoms with Crippen LogP contribution in [0.3, 0.4) is 0 Å². The molecule has 2 fully saturated rings. The molecule has 0 unspecified atom stereocenters. The SMILES string of the molecule is C[C@@]1(Cc2ccc3c(c2)OCO3)NC(=O)N(CC(=O)N[C@@H]2CCS(=O)(=O)C2)C1=O. The quantitative estimate of drug-likeness (QED) is 0.615. The van der Waals surface area contributed by atoms with Gasteiger partial charge in [0, 0.05) is 12.5 Å².